The summed E-state index contributed by atoms with van der Waals surface area (Å²) in [6.07, 6.45) is -12.7. The van der Waals surface area contributed by atoms with E-state index in [4.69, 9.17) is 23.4 Å². The lowest BCUT2D eigenvalue weighted by Gasteiger charge is -2.41. The number of hydrogen-bond donors (Lipinski definition) is 8. The molecule has 0 amide bonds. The minimum atomic E-state index is -1.75. The van der Waals surface area contributed by atoms with Crippen molar-refractivity contribution in [3.63, 3.8) is 0 Å². The van der Waals surface area contributed by atoms with Crippen molar-refractivity contribution in [1.82, 2.24) is 0 Å². The van der Waals surface area contributed by atoms with Gasteiger partial charge in [-0.05, 0) is 17.7 Å². The van der Waals surface area contributed by atoms with Gasteiger partial charge in [0, 0.05) is 12.1 Å². The summed E-state index contributed by atoms with van der Waals surface area (Å²) >= 11 is 0. The highest BCUT2D eigenvalue weighted by Crippen LogP contribution is 2.33. The van der Waals surface area contributed by atoms with Crippen LogP contribution in [0.4, 0.5) is 0 Å². The summed E-state index contributed by atoms with van der Waals surface area (Å²) in [7, 11) is 0. The molecule has 14 heteroatoms. The largest absolute Gasteiger partial charge is 0.508 e. The molecule has 0 saturated carbocycles. The number of phenolic OH excluding ortho intramolecular Hbond substituents is 2. The van der Waals surface area contributed by atoms with Gasteiger partial charge in [0.2, 0.25) is 11.7 Å². The number of rotatable bonds is 6. The van der Waals surface area contributed by atoms with Crippen LogP contribution in [0.3, 0.4) is 0 Å². The summed E-state index contributed by atoms with van der Waals surface area (Å²) in [6, 6.07) is 8.15. The third kappa shape index (κ3) is 5.36. The van der Waals surface area contributed by atoms with Crippen molar-refractivity contribution >= 4 is 11.0 Å². The zero-order valence-corrected chi connectivity index (χ0v) is 20.7. The highest BCUT2D eigenvalue weighted by atomic mass is 16.7. The molecule has 40 heavy (non-hydrogen) atoms. The number of aliphatic hydroxyl groups is 6. The van der Waals surface area contributed by atoms with E-state index in [1.807, 2.05) is 0 Å². The second-order valence-electron chi connectivity index (χ2n) is 9.56. The molecule has 0 unspecified atom stereocenters. The lowest BCUT2D eigenvalue weighted by Crippen LogP contribution is -2.61. The molecule has 9 atom stereocenters. The van der Waals surface area contributed by atoms with Crippen molar-refractivity contribution in [3.8, 4) is 28.4 Å². The van der Waals surface area contributed by atoms with Crippen LogP contribution in [0.25, 0.3) is 22.1 Å². The monoisotopic (exact) mass is 564 g/mol. The van der Waals surface area contributed by atoms with Crippen LogP contribution in [0.5, 0.6) is 17.2 Å². The van der Waals surface area contributed by atoms with E-state index in [-0.39, 0.29) is 34.6 Å². The van der Waals surface area contributed by atoms with Crippen molar-refractivity contribution in [3.05, 3.63) is 52.9 Å². The van der Waals surface area contributed by atoms with E-state index >= 15 is 0 Å². The smallest absolute Gasteiger partial charge is 0.229 e. The van der Waals surface area contributed by atoms with Crippen LogP contribution in [0.2, 0.25) is 0 Å². The molecular formula is C26H28O14. The number of hydrogen-bond acceptors (Lipinski definition) is 14. The Morgan fingerprint density at radius 2 is 1.55 bits per heavy atom. The summed E-state index contributed by atoms with van der Waals surface area (Å²) in [4.78, 5) is 13.1. The van der Waals surface area contributed by atoms with Gasteiger partial charge >= 0.3 is 0 Å². The van der Waals surface area contributed by atoms with Gasteiger partial charge in [-0.15, -0.1) is 0 Å². The van der Waals surface area contributed by atoms with Crippen LogP contribution in [-0.4, -0.2) is 109 Å². The predicted molar refractivity (Wildman–Crippen MR) is 132 cm³/mol. The van der Waals surface area contributed by atoms with Gasteiger partial charge in [-0.3, -0.25) is 4.79 Å². The molecule has 0 aliphatic carbocycles. The van der Waals surface area contributed by atoms with Crippen molar-refractivity contribution < 1.29 is 64.2 Å². The topological polar surface area (TPSA) is 229 Å². The average molecular weight is 564 g/mol. The number of fused-ring (bicyclic) bond motifs is 1. The molecule has 2 aliphatic heterocycles. The lowest BCUT2D eigenvalue weighted by molar-refractivity contribution is -0.307. The van der Waals surface area contributed by atoms with Crippen LogP contribution in [-0.2, 0) is 14.2 Å². The first-order chi connectivity index (χ1) is 19.0. The van der Waals surface area contributed by atoms with Gasteiger partial charge in [0.05, 0.1) is 18.8 Å². The first-order valence-electron chi connectivity index (χ1n) is 12.3. The molecule has 5 rings (SSSR count). The summed E-state index contributed by atoms with van der Waals surface area (Å²) in [5, 5.41) is 80.5. The number of ether oxygens (including phenoxy) is 4. The fourth-order valence-electron chi connectivity index (χ4n) is 4.52. The minimum Gasteiger partial charge on any atom is -0.508 e. The second-order valence-corrected chi connectivity index (χ2v) is 9.56. The minimum absolute atomic E-state index is 0.00988. The van der Waals surface area contributed by atoms with Crippen LogP contribution in [0.15, 0.2) is 51.9 Å². The van der Waals surface area contributed by atoms with Crippen molar-refractivity contribution in [2.24, 2.45) is 0 Å². The Labute approximate surface area is 225 Å². The maximum absolute atomic E-state index is 13.1. The Hall–Kier alpha value is -3.31. The zero-order valence-electron chi connectivity index (χ0n) is 20.7. The first-order valence-corrected chi connectivity index (χ1v) is 12.3. The Bertz CT molecular complexity index is 1390. The SMILES string of the molecule is O=c1c(-c2ccc(O)cc2)coc2cc(O[C@H]3O[C@H](CO[C@H]4OC[C@H](O)[C@H](O)[C@H]4O)[C@@H](O)[C@H](O)[C@@H]3O)cc(O)c12. The van der Waals surface area contributed by atoms with E-state index in [1.54, 1.807) is 0 Å². The van der Waals surface area contributed by atoms with Crippen LogP contribution in [0, 0.1) is 0 Å². The number of benzene rings is 2. The molecule has 2 fully saturated rings. The van der Waals surface area contributed by atoms with Gasteiger partial charge in [0.25, 0.3) is 0 Å². The molecule has 3 heterocycles. The van der Waals surface area contributed by atoms with Gasteiger partial charge in [-0.1, -0.05) is 12.1 Å². The van der Waals surface area contributed by atoms with E-state index in [1.165, 1.54) is 36.6 Å². The Balaban J connectivity index is 1.33. The zero-order chi connectivity index (χ0) is 28.7. The molecule has 0 spiro atoms. The summed E-state index contributed by atoms with van der Waals surface area (Å²) in [5.74, 6) is -0.603. The maximum Gasteiger partial charge on any atom is 0.229 e. The second kappa shape index (κ2) is 11.3. The Morgan fingerprint density at radius 3 is 2.27 bits per heavy atom. The fraction of sp³-hybridized carbons (Fsp3) is 0.423. The highest BCUT2D eigenvalue weighted by Gasteiger charge is 2.46. The van der Waals surface area contributed by atoms with E-state index in [0.717, 1.165) is 6.07 Å². The van der Waals surface area contributed by atoms with E-state index in [0.29, 0.717) is 5.56 Å². The third-order valence-electron chi connectivity index (χ3n) is 6.81. The van der Waals surface area contributed by atoms with Gasteiger partial charge < -0.3 is 64.2 Å². The summed E-state index contributed by atoms with van der Waals surface area (Å²) in [6.45, 7) is -0.796. The third-order valence-corrected chi connectivity index (χ3v) is 6.81. The molecule has 14 nitrogen and oxygen atoms in total. The Kier molecular flexibility index (Phi) is 7.96. The molecule has 0 radical (unpaired) electrons. The summed E-state index contributed by atoms with van der Waals surface area (Å²) in [5.41, 5.74) is -0.0241. The molecule has 8 N–H and O–H groups in total. The molecule has 2 saturated heterocycles. The molecule has 216 valence electrons. The normalized spacial score (nSPS) is 32.7. The van der Waals surface area contributed by atoms with Crippen molar-refractivity contribution in [1.29, 1.82) is 0 Å². The number of phenols is 2. The van der Waals surface area contributed by atoms with Crippen LogP contribution >= 0.6 is 0 Å². The number of aliphatic hydroxyl groups excluding tert-OH is 6. The Morgan fingerprint density at radius 1 is 0.850 bits per heavy atom. The molecular weight excluding hydrogens is 536 g/mol. The van der Waals surface area contributed by atoms with E-state index < -0.39 is 73.1 Å². The van der Waals surface area contributed by atoms with E-state index in [9.17, 15) is 45.6 Å². The average Bonchev–Trinajstić information content (AvgIpc) is 2.93. The summed E-state index contributed by atoms with van der Waals surface area (Å²) < 4.78 is 27.2. The van der Waals surface area contributed by atoms with Crippen molar-refractivity contribution in [2.45, 2.75) is 55.3 Å². The van der Waals surface area contributed by atoms with Gasteiger partial charge in [0.15, 0.2) is 6.29 Å². The lowest BCUT2D eigenvalue weighted by atomic mass is 9.99. The van der Waals surface area contributed by atoms with Crippen LogP contribution in [0.1, 0.15) is 0 Å². The molecule has 0 bridgehead atoms. The van der Waals surface area contributed by atoms with Crippen molar-refractivity contribution in [2.75, 3.05) is 13.2 Å². The fourth-order valence-corrected chi connectivity index (χ4v) is 4.52. The maximum atomic E-state index is 13.1. The van der Waals surface area contributed by atoms with E-state index in [2.05, 4.69) is 0 Å². The molecule has 2 aliphatic rings. The predicted octanol–water partition coefficient (Wildman–Crippen LogP) is -1.49. The first kappa shape index (κ1) is 28.2. The molecule has 3 aromatic rings. The quantitative estimate of drug-likeness (QED) is 0.171. The standard InChI is InChI=1S/C26H28O14/c27-11-3-1-10(2-4-11)13-7-36-16-6-12(5-14(28)18(16)19(13)30)39-26-24(35)22(33)21(32)17(40-26)9-38-25-23(34)20(31)15(29)8-37-25/h1-7,15,17,20-29,31-35H,8-9H2/t15-,17+,20-,21+,22-,23+,24-,25+,26-/m0/s1. The molecule has 2 aromatic carbocycles. The van der Waals surface area contributed by atoms with Gasteiger partial charge in [0.1, 0.15) is 77.2 Å². The number of aromatic hydroxyl groups is 2. The van der Waals surface area contributed by atoms with Gasteiger partial charge in [-0.2, -0.15) is 0 Å². The van der Waals surface area contributed by atoms with Gasteiger partial charge in [-0.25, -0.2) is 0 Å². The molecule has 1 aromatic heterocycles. The highest BCUT2D eigenvalue weighted by molar-refractivity contribution is 5.88. The van der Waals surface area contributed by atoms with Crippen LogP contribution < -0.4 is 10.2 Å².